The fourth-order valence-electron chi connectivity index (χ4n) is 3.41. The van der Waals surface area contributed by atoms with Gasteiger partial charge >= 0.3 is 0 Å². The van der Waals surface area contributed by atoms with Crippen LogP contribution in [-0.2, 0) is 0 Å². The lowest BCUT2D eigenvalue weighted by Gasteiger charge is -2.35. The van der Waals surface area contributed by atoms with Crippen LogP contribution in [-0.4, -0.2) is 31.1 Å². The quantitative estimate of drug-likeness (QED) is 0.739. The number of nitrogens with zero attached hydrogens (tertiary/aromatic N) is 1. The molecular formula is C15H30N2. The van der Waals surface area contributed by atoms with E-state index in [1.807, 2.05) is 0 Å². The molecule has 0 radical (unpaired) electrons. The Morgan fingerprint density at radius 1 is 1.00 bits per heavy atom. The van der Waals surface area contributed by atoms with Crippen LogP contribution in [0.3, 0.4) is 0 Å². The molecule has 2 rings (SSSR count). The molecule has 2 unspecified atom stereocenters. The molecule has 0 aromatic carbocycles. The van der Waals surface area contributed by atoms with E-state index in [-0.39, 0.29) is 0 Å². The maximum Gasteiger partial charge on any atom is 0.00129 e. The van der Waals surface area contributed by atoms with Gasteiger partial charge in [-0.2, -0.15) is 0 Å². The van der Waals surface area contributed by atoms with Crippen molar-refractivity contribution in [3.63, 3.8) is 0 Å². The lowest BCUT2D eigenvalue weighted by Crippen LogP contribution is -2.38. The SMILES string of the molecule is CCCN(CC1CC1)CC1CCCCC1CN. The van der Waals surface area contributed by atoms with Gasteiger partial charge < -0.3 is 10.6 Å². The second-order valence-corrected chi connectivity index (χ2v) is 6.24. The fourth-order valence-corrected chi connectivity index (χ4v) is 3.41. The predicted molar refractivity (Wildman–Crippen MR) is 74.0 cm³/mol. The zero-order chi connectivity index (χ0) is 12.1. The molecule has 0 heterocycles. The summed E-state index contributed by atoms with van der Waals surface area (Å²) < 4.78 is 0. The number of hydrogen-bond donors (Lipinski definition) is 1. The van der Waals surface area contributed by atoms with Crippen LogP contribution in [0.15, 0.2) is 0 Å². The smallest absolute Gasteiger partial charge is 0.00129 e. The largest absolute Gasteiger partial charge is 0.330 e. The normalized spacial score (nSPS) is 29.8. The molecule has 2 saturated carbocycles. The van der Waals surface area contributed by atoms with Gasteiger partial charge in [0, 0.05) is 13.1 Å². The topological polar surface area (TPSA) is 29.3 Å². The third-order valence-corrected chi connectivity index (χ3v) is 4.62. The summed E-state index contributed by atoms with van der Waals surface area (Å²) in [6.45, 7) is 7.20. The highest BCUT2D eigenvalue weighted by Gasteiger charge is 2.28. The molecule has 2 aliphatic rings. The minimum atomic E-state index is 0.808. The van der Waals surface area contributed by atoms with Gasteiger partial charge in [0.15, 0.2) is 0 Å². The van der Waals surface area contributed by atoms with E-state index in [2.05, 4.69) is 11.8 Å². The lowest BCUT2D eigenvalue weighted by molar-refractivity contribution is 0.150. The molecule has 2 aliphatic carbocycles. The van der Waals surface area contributed by atoms with Crippen LogP contribution in [0.25, 0.3) is 0 Å². The summed E-state index contributed by atoms with van der Waals surface area (Å²) in [5.74, 6) is 2.72. The molecule has 0 aromatic heterocycles. The Morgan fingerprint density at radius 2 is 1.71 bits per heavy atom. The Bertz CT molecular complexity index is 213. The highest BCUT2D eigenvalue weighted by Crippen LogP contribution is 2.33. The fraction of sp³-hybridized carbons (Fsp3) is 1.00. The highest BCUT2D eigenvalue weighted by molar-refractivity contribution is 4.82. The van der Waals surface area contributed by atoms with Gasteiger partial charge in [-0.05, 0) is 62.9 Å². The van der Waals surface area contributed by atoms with Crippen molar-refractivity contribution in [3.05, 3.63) is 0 Å². The van der Waals surface area contributed by atoms with Crippen molar-refractivity contribution in [1.29, 1.82) is 0 Å². The summed E-state index contributed by atoms with van der Waals surface area (Å²) in [6, 6.07) is 0. The molecule has 0 aliphatic heterocycles. The van der Waals surface area contributed by atoms with E-state index in [0.717, 1.165) is 24.3 Å². The summed E-state index contributed by atoms with van der Waals surface area (Å²) in [5.41, 5.74) is 5.94. The molecule has 100 valence electrons. The van der Waals surface area contributed by atoms with Gasteiger partial charge in [0.25, 0.3) is 0 Å². The van der Waals surface area contributed by atoms with Crippen LogP contribution in [0.2, 0.25) is 0 Å². The van der Waals surface area contributed by atoms with Crippen molar-refractivity contribution >= 4 is 0 Å². The molecule has 2 N–H and O–H groups in total. The first-order valence-electron chi connectivity index (χ1n) is 7.76. The summed E-state index contributed by atoms with van der Waals surface area (Å²) in [4.78, 5) is 2.73. The van der Waals surface area contributed by atoms with Gasteiger partial charge in [0.1, 0.15) is 0 Å². The highest BCUT2D eigenvalue weighted by atomic mass is 15.1. The van der Waals surface area contributed by atoms with Gasteiger partial charge in [0.2, 0.25) is 0 Å². The molecule has 0 spiro atoms. The monoisotopic (exact) mass is 238 g/mol. The van der Waals surface area contributed by atoms with E-state index in [9.17, 15) is 0 Å². The summed E-state index contributed by atoms with van der Waals surface area (Å²) in [7, 11) is 0. The van der Waals surface area contributed by atoms with Gasteiger partial charge in [-0.15, -0.1) is 0 Å². The first kappa shape index (κ1) is 13.4. The molecule has 0 aromatic rings. The third-order valence-electron chi connectivity index (χ3n) is 4.62. The number of nitrogens with two attached hydrogens (primary N) is 1. The first-order chi connectivity index (χ1) is 8.33. The van der Waals surface area contributed by atoms with E-state index in [0.29, 0.717) is 0 Å². The lowest BCUT2D eigenvalue weighted by atomic mass is 9.79. The van der Waals surface area contributed by atoms with E-state index in [1.165, 1.54) is 64.6 Å². The van der Waals surface area contributed by atoms with E-state index in [1.54, 1.807) is 0 Å². The Balaban J connectivity index is 1.80. The Labute approximate surface area is 107 Å². The molecule has 2 nitrogen and oxygen atoms in total. The average molecular weight is 238 g/mol. The minimum absolute atomic E-state index is 0.808. The molecule has 0 amide bonds. The zero-order valence-corrected chi connectivity index (χ0v) is 11.5. The molecule has 2 fully saturated rings. The standard InChI is InChI=1S/C15H30N2/c1-2-9-17(11-13-7-8-13)12-15-6-4-3-5-14(15)10-16/h13-15H,2-12,16H2,1H3. The van der Waals surface area contributed by atoms with Crippen molar-refractivity contribution in [3.8, 4) is 0 Å². The summed E-state index contributed by atoms with van der Waals surface area (Å²) >= 11 is 0. The second kappa shape index (κ2) is 6.75. The van der Waals surface area contributed by atoms with Crippen molar-refractivity contribution in [2.24, 2.45) is 23.5 Å². The maximum atomic E-state index is 5.94. The van der Waals surface area contributed by atoms with Crippen LogP contribution in [0.4, 0.5) is 0 Å². The Morgan fingerprint density at radius 3 is 2.29 bits per heavy atom. The van der Waals surface area contributed by atoms with Crippen molar-refractivity contribution in [2.45, 2.75) is 51.9 Å². The summed E-state index contributed by atoms with van der Waals surface area (Å²) in [6.07, 6.45) is 9.90. The van der Waals surface area contributed by atoms with E-state index in [4.69, 9.17) is 5.73 Å². The molecule has 17 heavy (non-hydrogen) atoms. The minimum Gasteiger partial charge on any atom is -0.330 e. The molecule has 2 atom stereocenters. The van der Waals surface area contributed by atoms with Gasteiger partial charge in [0.05, 0.1) is 0 Å². The average Bonchev–Trinajstić information content (AvgIpc) is 3.14. The van der Waals surface area contributed by atoms with Gasteiger partial charge in [-0.25, -0.2) is 0 Å². The first-order valence-corrected chi connectivity index (χ1v) is 7.76. The van der Waals surface area contributed by atoms with E-state index < -0.39 is 0 Å². The van der Waals surface area contributed by atoms with Crippen molar-refractivity contribution in [2.75, 3.05) is 26.2 Å². The molecule has 0 bridgehead atoms. The van der Waals surface area contributed by atoms with Crippen LogP contribution in [0, 0.1) is 17.8 Å². The van der Waals surface area contributed by atoms with Crippen LogP contribution >= 0.6 is 0 Å². The van der Waals surface area contributed by atoms with Crippen LogP contribution < -0.4 is 5.73 Å². The van der Waals surface area contributed by atoms with Gasteiger partial charge in [-0.1, -0.05) is 19.8 Å². The predicted octanol–water partition coefficient (Wildman–Crippen LogP) is 2.87. The zero-order valence-electron chi connectivity index (χ0n) is 11.5. The Hall–Kier alpha value is -0.0800. The van der Waals surface area contributed by atoms with E-state index >= 15 is 0 Å². The molecule has 2 heteroatoms. The second-order valence-electron chi connectivity index (χ2n) is 6.24. The molecule has 0 saturated heterocycles. The number of hydrogen-bond acceptors (Lipinski definition) is 2. The third kappa shape index (κ3) is 4.26. The van der Waals surface area contributed by atoms with Gasteiger partial charge in [-0.3, -0.25) is 0 Å². The Kier molecular flexibility index (Phi) is 5.30. The summed E-state index contributed by atoms with van der Waals surface area (Å²) in [5, 5.41) is 0. The van der Waals surface area contributed by atoms with Crippen LogP contribution in [0.5, 0.6) is 0 Å². The maximum absolute atomic E-state index is 5.94. The number of rotatable bonds is 7. The molecular weight excluding hydrogens is 208 g/mol. The van der Waals surface area contributed by atoms with Crippen LogP contribution in [0.1, 0.15) is 51.9 Å². The van der Waals surface area contributed by atoms with Crippen molar-refractivity contribution in [1.82, 2.24) is 4.90 Å². The van der Waals surface area contributed by atoms with Crippen molar-refractivity contribution < 1.29 is 0 Å².